The Morgan fingerprint density at radius 2 is 1.97 bits per heavy atom. The molecule has 4 rings (SSSR count). The minimum atomic E-state index is -1.27. The number of hydrogen-bond donors (Lipinski definition) is 0. The van der Waals surface area contributed by atoms with Gasteiger partial charge in [0.2, 0.25) is 23.2 Å². The number of carbonyl (C=O) groups is 1. The maximum absolute atomic E-state index is 15.0. The molecule has 9 heteroatoms. The van der Waals surface area contributed by atoms with Gasteiger partial charge in [-0.05, 0) is 36.1 Å². The van der Waals surface area contributed by atoms with Crippen molar-refractivity contribution in [2.75, 3.05) is 10.7 Å². The van der Waals surface area contributed by atoms with Crippen LogP contribution in [0.4, 0.5) is 14.5 Å². The number of ether oxygens (including phenoxy) is 1. The Bertz CT molecular complexity index is 1220. The van der Waals surface area contributed by atoms with Crippen molar-refractivity contribution in [2.45, 2.75) is 51.9 Å². The van der Waals surface area contributed by atoms with E-state index >= 15 is 0 Å². The molecule has 34 heavy (non-hydrogen) atoms. The van der Waals surface area contributed by atoms with E-state index in [0.717, 1.165) is 23.8 Å². The maximum atomic E-state index is 15.0. The largest absolute Gasteiger partial charge is 0.447 e. The lowest BCUT2D eigenvalue weighted by atomic mass is 10.0. The Labute approximate surface area is 201 Å². The zero-order valence-corrected chi connectivity index (χ0v) is 20.3. The third-order valence-corrected chi connectivity index (χ3v) is 6.71. The minimum absolute atomic E-state index is 0.102. The van der Waals surface area contributed by atoms with Crippen LogP contribution in [0.1, 0.15) is 51.5 Å². The molecule has 6 nitrogen and oxygen atoms in total. The normalized spacial score (nSPS) is 14.9. The van der Waals surface area contributed by atoms with Gasteiger partial charge in [-0.1, -0.05) is 57.7 Å². The lowest BCUT2D eigenvalue weighted by molar-refractivity contribution is -0.120. The van der Waals surface area contributed by atoms with Crippen LogP contribution < -0.4 is 9.64 Å². The van der Waals surface area contributed by atoms with Crippen LogP contribution in [0.25, 0.3) is 11.3 Å². The van der Waals surface area contributed by atoms with Crippen LogP contribution in [-0.4, -0.2) is 26.8 Å². The van der Waals surface area contributed by atoms with Gasteiger partial charge in [0.05, 0.1) is 11.3 Å². The van der Waals surface area contributed by atoms with Gasteiger partial charge < -0.3 is 4.74 Å². The second-order valence-corrected chi connectivity index (χ2v) is 9.38. The summed E-state index contributed by atoms with van der Waals surface area (Å²) in [7, 11) is 0. The number of aromatic nitrogens is 3. The Kier molecular flexibility index (Phi) is 7.11. The van der Waals surface area contributed by atoms with Crippen LogP contribution in [0.3, 0.4) is 0 Å². The van der Waals surface area contributed by atoms with Gasteiger partial charge in [0.25, 0.3) is 0 Å². The molecular weight excluding hydrogens is 458 g/mol. The summed E-state index contributed by atoms with van der Waals surface area (Å²) in [5.41, 5.74) is 2.36. The van der Waals surface area contributed by atoms with Gasteiger partial charge in [-0.3, -0.25) is 9.69 Å². The summed E-state index contributed by atoms with van der Waals surface area (Å²) < 4.78 is 35.4. The molecular formula is C25H26F2N4O2S. The Morgan fingerprint density at radius 1 is 1.18 bits per heavy atom. The van der Waals surface area contributed by atoms with Crippen molar-refractivity contribution >= 4 is 23.4 Å². The van der Waals surface area contributed by atoms with Crippen molar-refractivity contribution in [3.8, 4) is 17.1 Å². The maximum Gasteiger partial charge on any atom is 0.247 e. The minimum Gasteiger partial charge on any atom is -0.447 e. The summed E-state index contributed by atoms with van der Waals surface area (Å²) in [5.74, 6) is -1.10. The molecule has 1 atom stereocenters. The summed E-state index contributed by atoms with van der Waals surface area (Å²) >= 11 is 1.43. The van der Waals surface area contributed by atoms with E-state index in [9.17, 15) is 13.6 Å². The van der Waals surface area contributed by atoms with E-state index in [4.69, 9.17) is 4.74 Å². The van der Waals surface area contributed by atoms with Crippen LogP contribution in [-0.2, 0) is 11.2 Å². The highest BCUT2D eigenvalue weighted by Gasteiger charge is 2.37. The molecule has 2 heterocycles. The molecule has 0 radical (unpaired) electrons. The fraction of sp³-hybridized carbons (Fsp3) is 0.360. The predicted octanol–water partition coefficient (Wildman–Crippen LogP) is 5.96. The van der Waals surface area contributed by atoms with Crippen molar-refractivity contribution in [1.82, 2.24) is 15.2 Å². The van der Waals surface area contributed by atoms with Gasteiger partial charge in [0.15, 0.2) is 17.3 Å². The van der Waals surface area contributed by atoms with Crippen LogP contribution >= 0.6 is 11.8 Å². The monoisotopic (exact) mass is 484 g/mol. The molecule has 0 N–H and O–H groups in total. The molecule has 0 saturated heterocycles. The molecule has 1 amide bonds. The Hall–Kier alpha value is -3.07. The molecule has 0 spiro atoms. The molecule has 1 aliphatic rings. The number of thioether (sulfide) groups is 1. The molecule has 0 saturated carbocycles. The molecule has 0 fully saturated rings. The van der Waals surface area contributed by atoms with Gasteiger partial charge in [-0.25, -0.2) is 8.78 Å². The number of halogens is 2. The average molecular weight is 485 g/mol. The van der Waals surface area contributed by atoms with Crippen LogP contribution in [0.5, 0.6) is 5.88 Å². The van der Waals surface area contributed by atoms with Crippen molar-refractivity contribution in [3.05, 3.63) is 59.2 Å². The fourth-order valence-electron chi connectivity index (χ4n) is 3.69. The first-order valence-electron chi connectivity index (χ1n) is 11.3. The highest BCUT2D eigenvalue weighted by atomic mass is 32.2. The molecule has 0 aliphatic carbocycles. The first-order valence-corrected chi connectivity index (χ1v) is 12.3. The first kappa shape index (κ1) is 24.1. The number of rotatable bonds is 6. The molecule has 1 aliphatic heterocycles. The number of hydrogen-bond acceptors (Lipinski definition) is 6. The number of carbonyl (C=O) groups excluding carboxylic acids is 1. The number of nitrogens with zero attached hydrogens (tertiary/aromatic N) is 4. The Morgan fingerprint density at radius 3 is 2.68 bits per heavy atom. The SMILES string of the molecule is CCC(=O)N1c2ccc(CC)cc2-c2nnc(SCC(C)C)nc2O[C@@H]1c1cccc(F)c1F. The third-order valence-electron chi connectivity index (χ3n) is 5.44. The lowest BCUT2D eigenvalue weighted by Gasteiger charge is -2.31. The van der Waals surface area contributed by atoms with Crippen LogP contribution in [0.2, 0.25) is 0 Å². The molecule has 178 valence electrons. The molecule has 2 aromatic carbocycles. The quantitative estimate of drug-likeness (QED) is 0.402. The second-order valence-electron chi connectivity index (χ2n) is 8.39. The van der Waals surface area contributed by atoms with Crippen molar-refractivity contribution < 1.29 is 18.3 Å². The Balaban J connectivity index is 1.96. The highest BCUT2D eigenvalue weighted by molar-refractivity contribution is 7.99. The van der Waals surface area contributed by atoms with E-state index < -0.39 is 17.9 Å². The zero-order chi connectivity index (χ0) is 24.4. The van der Waals surface area contributed by atoms with Crippen LogP contribution in [0, 0.1) is 17.6 Å². The van der Waals surface area contributed by atoms with Crippen molar-refractivity contribution in [1.29, 1.82) is 0 Å². The number of aryl methyl sites for hydroxylation is 1. The summed E-state index contributed by atoms with van der Waals surface area (Å²) in [6.07, 6.45) is -0.372. The van der Waals surface area contributed by atoms with E-state index in [0.29, 0.717) is 28.0 Å². The van der Waals surface area contributed by atoms with Gasteiger partial charge in [-0.2, -0.15) is 4.98 Å². The van der Waals surface area contributed by atoms with Crippen molar-refractivity contribution in [3.63, 3.8) is 0 Å². The smallest absolute Gasteiger partial charge is 0.247 e. The molecule has 3 aromatic rings. The topological polar surface area (TPSA) is 68.2 Å². The number of amides is 1. The van der Waals surface area contributed by atoms with Crippen molar-refractivity contribution in [2.24, 2.45) is 5.92 Å². The summed E-state index contributed by atoms with van der Waals surface area (Å²) in [5, 5.41) is 9.07. The number of anilines is 1. The molecule has 0 unspecified atom stereocenters. The predicted molar refractivity (Wildman–Crippen MR) is 128 cm³/mol. The van der Waals surface area contributed by atoms with E-state index in [2.05, 4.69) is 29.0 Å². The second kappa shape index (κ2) is 10.0. The standard InChI is InChI=1S/C25H26F2N4O2S/c1-5-15-10-11-19-17(12-15)22-23(28-25(30-29-22)34-13-14(3)4)33-24(31(19)20(32)6-2)16-8-7-9-18(26)21(16)27/h7-12,14,24H,5-6,13H2,1-4H3/t24-/m1/s1. The summed E-state index contributed by atoms with van der Waals surface area (Å²) in [4.78, 5) is 19.1. The summed E-state index contributed by atoms with van der Waals surface area (Å²) in [6.45, 7) is 7.89. The molecule has 1 aromatic heterocycles. The van der Waals surface area contributed by atoms with Gasteiger partial charge in [-0.15, -0.1) is 10.2 Å². The zero-order valence-electron chi connectivity index (χ0n) is 19.5. The van der Waals surface area contributed by atoms with Crippen LogP contribution in [0.15, 0.2) is 41.6 Å². The molecule has 0 bridgehead atoms. The highest BCUT2D eigenvalue weighted by Crippen LogP contribution is 2.44. The fourth-order valence-corrected chi connectivity index (χ4v) is 4.42. The average Bonchev–Trinajstić information content (AvgIpc) is 2.97. The van der Waals surface area contributed by atoms with E-state index in [-0.39, 0.29) is 23.8 Å². The van der Waals surface area contributed by atoms with E-state index in [1.54, 1.807) is 13.0 Å². The van der Waals surface area contributed by atoms with Gasteiger partial charge in [0, 0.05) is 17.7 Å². The summed E-state index contributed by atoms with van der Waals surface area (Å²) in [6, 6.07) is 9.42. The van der Waals surface area contributed by atoms with E-state index in [1.807, 2.05) is 19.1 Å². The third kappa shape index (κ3) is 4.61. The number of benzene rings is 2. The van der Waals surface area contributed by atoms with E-state index in [1.165, 1.54) is 28.8 Å². The van der Waals surface area contributed by atoms with Gasteiger partial charge >= 0.3 is 0 Å². The van der Waals surface area contributed by atoms with Gasteiger partial charge in [0.1, 0.15) is 0 Å². The number of fused-ring (bicyclic) bond motifs is 3. The first-order chi connectivity index (χ1) is 16.3. The lowest BCUT2D eigenvalue weighted by Crippen LogP contribution is -2.38.